The number of nitrogens with one attached hydrogen (secondary N) is 1. The van der Waals surface area contributed by atoms with Gasteiger partial charge in [0.1, 0.15) is 0 Å². The van der Waals surface area contributed by atoms with Gasteiger partial charge in [-0.2, -0.15) is 17.5 Å². The van der Waals surface area contributed by atoms with E-state index in [0.29, 0.717) is 32.1 Å². The Bertz CT molecular complexity index is 867. The highest BCUT2D eigenvalue weighted by Gasteiger charge is 2.34. The first-order chi connectivity index (χ1) is 13.6. The lowest BCUT2D eigenvalue weighted by Gasteiger charge is -2.34. The number of piperazine rings is 1. The van der Waals surface area contributed by atoms with Crippen molar-refractivity contribution in [3.05, 3.63) is 29.8 Å². The van der Waals surface area contributed by atoms with Crippen LogP contribution in [0, 0.1) is 0 Å². The molecule has 0 saturated carbocycles. The number of carbonyl (C=O) groups is 2. The minimum Gasteiger partial charge on any atom is -0.329 e. The van der Waals surface area contributed by atoms with Crippen LogP contribution in [-0.2, 0) is 21.0 Å². The maximum atomic E-state index is 12.9. The highest BCUT2D eigenvalue weighted by Crippen LogP contribution is 2.31. The van der Waals surface area contributed by atoms with E-state index in [2.05, 4.69) is 5.32 Å². The summed E-state index contributed by atoms with van der Waals surface area (Å²) in [5.41, 5.74) is -1.00. The molecule has 8 nitrogen and oxygen atoms in total. The topological polar surface area (TPSA) is 90.0 Å². The van der Waals surface area contributed by atoms with E-state index in [0.717, 1.165) is 23.1 Å². The van der Waals surface area contributed by atoms with Crippen LogP contribution in [0.3, 0.4) is 0 Å². The van der Waals surface area contributed by atoms with E-state index in [1.54, 1.807) is 0 Å². The fourth-order valence-electron chi connectivity index (χ4n) is 3.31. The van der Waals surface area contributed by atoms with Crippen molar-refractivity contribution in [2.75, 3.05) is 45.8 Å². The van der Waals surface area contributed by atoms with E-state index >= 15 is 0 Å². The predicted octanol–water partition coefficient (Wildman–Crippen LogP) is 0.954. The van der Waals surface area contributed by atoms with Crippen LogP contribution in [0.2, 0.25) is 0 Å². The molecular formula is C17H21F3N4O4S. The summed E-state index contributed by atoms with van der Waals surface area (Å²) < 4.78 is 65.1. The number of imide groups is 1. The standard InChI is InChI=1S/C17H21F3N4O4S/c18-17(19,20)13-3-1-4-14(11-13)29(27,28)23-9-7-22(8-10-23)5-2-6-24-15(25)12-21-16(24)26/h1,3-4,11H,2,5-10,12H2,(H,21,26). The zero-order valence-corrected chi connectivity index (χ0v) is 16.3. The van der Waals surface area contributed by atoms with Crippen LogP contribution in [0.4, 0.5) is 18.0 Å². The summed E-state index contributed by atoms with van der Waals surface area (Å²) in [4.78, 5) is 25.8. The summed E-state index contributed by atoms with van der Waals surface area (Å²) in [5, 5.41) is 2.44. The van der Waals surface area contributed by atoms with Gasteiger partial charge in [0.2, 0.25) is 15.9 Å². The number of urea groups is 1. The molecule has 29 heavy (non-hydrogen) atoms. The Hall–Kier alpha value is -2.18. The molecule has 0 spiro atoms. The fourth-order valence-corrected chi connectivity index (χ4v) is 4.78. The van der Waals surface area contributed by atoms with E-state index in [1.165, 1.54) is 4.31 Å². The quantitative estimate of drug-likeness (QED) is 0.674. The zero-order chi connectivity index (χ0) is 21.2. The number of sulfonamides is 1. The third-order valence-electron chi connectivity index (χ3n) is 4.92. The van der Waals surface area contributed by atoms with E-state index in [1.807, 2.05) is 4.90 Å². The van der Waals surface area contributed by atoms with Crippen LogP contribution in [0.15, 0.2) is 29.2 Å². The van der Waals surface area contributed by atoms with Gasteiger partial charge in [0, 0.05) is 32.7 Å². The van der Waals surface area contributed by atoms with Crippen LogP contribution in [0.5, 0.6) is 0 Å². The zero-order valence-electron chi connectivity index (χ0n) is 15.5. The van der Waals surface area contributed by atoms with Crippen molar-refractivity contribution in [2.45, 2.75) is 17.5 Å². The lowest BCUT2D eigenvalue weighted by atomic mass is 10.2. The second kappa shape index (κ2) is 8.28. The summed E-state index contributed by atoms with van der Waals surface area (Å²) in [5.74, 6) is -0.271. The Morgan fingerprint density at radius 2 is 1.72 bits per heavy atom. The molecule has 2 fully saturated rings. The molecular weight excluding hydrogens is 413 g/mol. The average Bonchev–Trinajstić information content (AvgIpc) is 3.00. The SMILES string of the molecule is O=C1CNC(=O)N1CCCN1CCN(S(=O)(=O)c2cccc(C(F)(F)F)c2)CC1. The second-order valence-corrected chi connectivity index (χ2v) is 8.77. The number of carbonyl (C=O) groups excluding carboxylic acids is 2. The molecule has 0 bridgehead atoms. The monoisotopic (exact) mass is 434 g/mol. The summed E-state index contributed by atoms with van der Waals surface area (Å²) in [6.45, 7) is 2.01. The molecule has 0 unspecified atom stereocenters. The maximum Gasteiger partial charge on any atom is 0.416 e. The number of hydrogen-bond donors (Lipinski definition) is 1. The van der Waals surface area contributed by atoms with E-state index < -0.39 is 27.8 Å². The second-order valence-electron chi connectivity index (χ2n) is 6.83. The number of nitrogens with zero attached hydrogens (tertiary/aromatic N) is 3. The van der Waals surface area contributed by atoms with Gasteiger partial charge in [-0.05, 0) is 31.2 Å². The molecule has 12 heteroatoms. The fraction of sp³-hybridized carbons (Fsp3) is 0.529. The molecule has 160 valence electrons. The normalized spacial score (nSPS) is 19.6. The van der Waals surface area contributed by atoms with Gasteiger partial charge in [-0.1, -0.05) is 6.07 Å². The van der Waals surface area contributed by atoms with Crippen LogP contribution < -0.4 is 5.32 Å². The Labute approximate surface area is 166 Å². The summed E-state index contributed by atoms with van der Waals surface area (Å²) in [6.07, 6.45) is -4.06. The molecule has 0 aromatic heterocycles. The number of rotatable bonds is 6. The Balaban J connectivity index is 1.53. The van der Waals surface area contributed by atoms with Crippen molar-refractivity contribution in [3.63, 3.8) is 0 Å². The first-order valence-electron chi connectivity index (χ1n) is 9.07. The van der Waals surface area contributed by atoms with Crippen molar-refractivity contribution in [1.82, 2.24) is 19.4 Å². The molecule has 3 rings (SSSR count). The molecule has 0 radical (unpaired) electrons. The largest absolute Gasteiger partial charge is 0.416 e. The van der Waals surface area contributed by atoms with Crippen LogP contribution in [0.1, 0.15) is 12.0 Å². The molecule has 0 aliphatic carbocycles. The highest BCUT2D eigenvalue weighted by atomic mass is 32.2. The Kier molecular flexibility index (Phi) is 6.15. The van der Waals surface area contributed by atoms with Crippen molar-refractivity contribution < 1.29 is 31.2 Å². The molecule has 0 atom stereocenters. The third kappa shape index (κ3) is 4.87. The van der Waals surface area contributed by atoms with Gasteiger partial charge in [-0.3, -0.25) is 9.69 Å². The van der Waals surface area contributed by atoms with Gasteiger partial charge in [-0.15, -0.1) is 0 Å². The van der Waals surface area contributed by atoms with E-state index in [-0.39, 0.29) is 37.0 Å². The summed E-state index contributed by atoms with van der Waals surface area (Å²) in [7, 11) is -4.02. The summed E-state index contributed by atoms with van der Waals surface area (Å²) in [6, 6.07) is 3.32. The third-order valence-corrected chi connectivity index (χ3v) is 6.82. The predicted molar refractivity (Wildman–Crippen MR) is 96.4 cm³/mol. The maximum absolute atomic E-state index is 12.9. The minimum atomic E-state index is -4.61. The van der Waals surface area contributed by atoms with Crippen molar-refractivity contribution in [3.8, 4) is 0 Å². The number of halogens is 3. The van der Waals surface area contributed by atoms with Gasteiger partial charge < -0.3 is 10.2 Å². The van der Waals surface area contributed by atoms with Gasteiger partial charge >= 0.3 is 12.2 Å². The first-order valence-corrected chi connectivity index (χ1v) is 10.5. The molecule has 3 amide bonds. The lowest BCUT2D eigenvalue weighted by Crippen LogP contribution is -2.49. The summed E-state index contributed by atoms with van der Waals surface area (Å²) >= 11 is 0. The molecule has 2 saturated heterocycles. The van der Waals surface area contributed by atoms with Crippen molar-refractivity contribution in [1.29, 1.82) is 0 Å². The molecule has 2 heterocycles. The van der Waals surface area contributed by atoms with Gasteiger partial charge in [0.15, 0.2) is 0 Å². The average molecular weight is 434 g/mol. The first kappa shape index (κ1) is 21.5. The van der Waals surface area contributed by atoms with Crippen LogP contribution >= 0.6 is 0 Å². The highest BCUT2D eigenvalue weighted by molar-refractivity contribution is 7.89. The van der Waals surface area contributed by atoms with E-state index in [9.17, 15) is 31.2 Å². The Morgan fingerprint density at radius 1 is 1.03 bits per heavy atom. The van der Waals surface area contributed by atoms with Gasteiger partial charge in [0.25, 0.3) is 0 Å². The van der Waals surface area contributed by atoms with Crippen molar-refractivity contribution in [2.24, 2.45) is 0 Å². The number of benzene rings is 1. The smallest absolute Gasteiger partial charge is 0.329 e. The van der Waals surface area contributed by atoms with Gasteiger partial charge in [0.05, 0.1) is 17.0 Å². The molecule has 2 aliphatic rings. The molecule has 2 aliphatic heterocycles. The number of alkyl halides is 3. The van der Waals surface area contributed by atoms with E-state index in [4.69, 9.17) is 0 Å². The molecule has 1 aromatic rings. The van der Waals surface area contributed by atoms with Crippen LogP contribution in [-0.4, -0.2) is 80.3 Å². The lowest BCUT2D eigenvalue weighted by molar-refractivity contribution is -0.137. The van der Waals surface area contributed by atoms with Crippen molar-refractivity contribution >= 4 is 22.0 Å². The van der Waals surface area contributed by atoms with Crippen LogP contribution in [0.25, 0.3) is 0 Å². The molecule has 1 N–H and O–H groups in total. The molecule has 1 aromatic carbocycles. The minimum absolute atomic E-state index is 0.00487. The Morgan fingerprint density at radius 3 is 2.31 bits per heavy atom. The number of hydrogen-bond acceptors (Lipinski definition) is 5. The number of amides is 3. The van der Waals surface area contributed by atoms with Gasteiger partial charge in [-0.25, -0.2) is 13.2 Å².